The first kappa shape index (κ1) is 28.5. The largest absolute Gasteiger partial charge is 0.458 e. The molecule has 2 aromatic rings. The maximum atomic E-state index is 13.5. The van der Waals surface area contributed by atoms with Crippen LogP contribution in [0.3, 0.4) is 0 Å². The summed E-state index contributed by atoms with van der Waals surface area (Å²) >= 11 is 0. The number of cyclic esters (lactones) is 1. The van der Waals surface area contributed by atoms with Crippen LogP contribution in [0, 0.1) is 16.7 Å². The predicted octanol–water partition coefficient (Wildman–Crippen LogP) is 5.01. The standard InChI is InChI=1S/C33H35NO7/c1-21-11-10-15-25-31(2,17-16-22-19-26(35)39-20-22)33(4,38)28(41-29(36)23-12-6-5-7-13-23)27(32(21,25)3)40-30(37)24-14-8-9-18-34-24/h5-9,11-14,16-19,25,27-28,38H,10,15,20H2,1-4H3. The van der Waals surface area contributed by atoms with Gasteiger partial charge in [-0.2, -0.15) is 0 Å². The van der Waals surface area contributed by atoms with Gasteiger partial charge in [-0.25, -0.2) is 19.4 Å². The molecule has 1 aromatic carbocycles. The van der Waals surface area contributed by atoms with Crippen LogP contribution in [-0.2, 0) is 19.0 Å². The summed E-state index contributed by atoms with van der Waals surface area (Å²) in [7, 11) is 0. The summed E-state index contributed by atoms with van der Waals surface area (Å²) in [5.74, 6) is -1.95. The highest BCUT2D eigenvalue weighted by Gasteiger charge is 2.69. The van der Waals surface area contributed by atoms with Crippen molar-refractivity contribution < 1.29 is 33.7 Å². The fraction of sp³-hybridized carbons (Fsp3) is 0.394. The Morgan fingerprint density at radius 2 is 1.73 bits per heavy atom. The number of carbonyl (C=O) groups excluding carboxylic acids is 3. The number of ether oxygens (including phenoxy) is 3. The second-order valence-electron chi connectivity index (χ2n) is 11.6. The molecule has 5 rings (SSSR count). The molecule has 1 N–H and O–H groups in total. The fourth-order valence-electron chi connectivity index (χ4n) is 6.70. The van der Waals surface area contributed by atoms with Crippen LogP contribution in [0.15, 0.2) is 90.2 Å². The Hall–Kier alpha value is -4.04. The Kier molecular flexibility index (Phi) is 7.46. The van der Waals surface area contributed by atoms with E-state index in [4.69, 9.17) is 14.2 Å². The number of hydrogen-bond donors (Lipinski definition) is 1. The van der Waals surface area contributed by atoms with E-state index < -0.39 is 46.5 Å². The van der Waals surface area contributed by atoms with Gasteiger partial charge < -0.3 is 19.3 Å². The monoisotopic (exact) mass is 557 g/mol. The van der Waals surface area contributed by atoms with Crippen molar-refractivity contribution in [1.82, 2.24) is 4.98 Å². The molecular formula is C33H35NO7. The van der Waals surface area contributed by atoms with Crippen molar-refractivity contribution >= 4 is 17.9 Å². The minimum atomic E-state index is -1.70. The fourth-order valence-corrected chi connectivity index (χ4v) is 6.70. The number of fused-ring (bicyclic) bond motifs is 1. The van der Waals surface area contributed by atoms with Gasteiger partial charge >= 0.3 is 17.9 Å². The number of rotatable bonds is 6. The molecule has 0 amide bonds. The van der Waals surface area contributed by atoms with E-state index in [0.29, 0.717) is 17.6 Å². The first-order valence-corrected chi connectivity index (χ1v) is 13.8. The van der Waals surface area contributed by atoms with Crippen LogP contribution >= 0.6 is 0 Å². The van der Waals surface area contributed by atoms with E-state index in [9.17, 15) is 19.5 Å². The summed E-state index contributed by atoms with van der Waals surface area (Å²) in [5, 5.41) is 12.5. The number of carbonyl (C=O) groups is 3. The van der Waals surface area contributed by atoms with Crippen molar-refractivity contribution in [3.05, 3.63) is 101 Å². The van der Waals surface area contributed by atoms with Crippen molar-refractivity contribution in [2.45, 2.75) is 58.3 Å². The van der Waals surface area contributed by atoms with E-state index in [-0.39, 0.29) is 18.2 Å². The maximum absolute atomic E-state index is 13.5. The number of aromatic nitrogens is 1. The first-order valence-electron chi connectivity index (χ1n) is 13.8. The molecule has 3 aliphatic rings. The zero-order valence-corrected chi connectivity index (χ0v) is 23.7. The molecule has 1 saturated carbocycles. The molecular weight excluding hydrogens is 522 g/mol. The van der Waals surface area contributed by atoms with Crippen LogP contribution in [0.25, 0.3) is 0 Å². The number of allylic oxidation sites excluding steroid dienone is 1. The van der Waals surface area contributed by atoms with Crippen LogP contribution in [0.1, 0.15) is 61.4 Å². The molecule has 8 nitrogen and oxygen atoms in total. The molecule has 0 saturated heterocycles. The normalized spacial score (nSPS) is 32.9. The highest BCUT2D eigenvalue weighted by atomic mass is 16.6. The van der Waals surface area contributed by atoms with Crippen LogP contribution in [-0.4, -0.2) is 52.4 Å². The summed E-state index contributed by atoms with van der Waals surface area (Å²) in [6.07, 6.45) is 7.91. The lowest BCUT2D eigenvalue weighted by Crippen LogP contribution is -2.72. The zero-order chi connectivity index (χ0) is 29.4. The summed E-state index contributed by atoms with van der Waals surface area (Å²) < 4.78 is 17.4. The molecule has 2 aliphatic carbocycles. The van der Waals surface area contributed by atoms with Crippen molar-refractivity contribution in [3.63, 3.8) is 0 Å². The van der Waals surface area contributed by atoms with E-state index in [2.05, 4.69) is 11.1 Å². The number of aliphatic hydroxyl groups is 1. The van der Waals surface area contributed by atoms with Gasteiger partial charge in [-0.1, -0.05) is 61.9 Å². The predicted molar refractivity (Wildman–Crippen MR) is 151 cm³/mol. The molecule has 0 spiro atoms. The topological polar surface area (TPSA) is 112 Å². The Bertz CT molecular complexity index is 1430. The number of pyridine rings is 1. The van der Waals surface area contributed by atoms with Gasteiger partial charge in [-0.3, -0.25) is 0 Å². The van der Waals surface area contributed by atoms with Gasteiger partial charge in [0.2, 0.25) is 0 Å². The smallest absolute Gasteiger partial charge is 0.357 e. The molecule has 1 fully saturated rings. The lowest BCUT2D eigenvalue weighted by atomic mass is 9.44. The Morgan fingerprint density at radius 3 is 2.39 bits per heavy atom. The third-order valence-corrected chi connectivity index (χ3v) is 9.39. The van der Waals surface area contributed by atoms with E-state index in [1.54, 1.807) is 61.5 Å². The first-order chi connectivity index (χ1) is 19.5. The molecule has 214 valence electrons. The summed E-state index contributed by atoms with van der Waals surface area (Å²) in [6.45, 7) is 7.69. The van der Waals surface area contributed by atoms with E-state index >= 15 is 0 Å². The van der Waals surface area contributed by atoms with Crippen LogP contribution in [0.4, 0.5) is 0 Å². The van der Waals surface area contributed by atoms with Gasteiger partial charge in [0, 0.05) is 23.1 Å². The molecule has 6 unspecified atom stereocenters. The minimum absolute atomic E-state index is 0.115. The number of nitrogens with zero attached hydrogens (tertiary/aromatic N) is 1. The number of esters is 3. The summed E-state index contributed by atoms with van der Waals surface area (Å²) in [6, 6.07) is 13.5. The van der Waals surface area contributed by atoms with Gasteiger partial charge in [0.15, 0.2) is 12.2 Å². The molecule has 0 bridgehead atoms. The van der Waals surface area contributed by atoms with Gasteiger partial charge in [0.05, 0.1) is 5.56 Å². The summed E-state index contributed by atoms with van der Waals surface area (Å²) in [4.78, 5) is 42.8. The lowest BCUT2D eigenvalue weighted by molar-refractivity contribution is -0.251. The van der Waals surface area contributed by atoms with E-state index in [0.717, 1.165) is 12.0 Å². The van der Waals surface area contributed by atoms with Crippen LogP contribution < -0.4 is 0 Å². The number of benzene rings is 1. The molecule has 2 heterocycles. The second kappa shape index (κ2) is 10.7. The van der Waals surface area contributed by atoms with Crippen molar-refractivity contribution in [3.8, 4) is 0 Å². The molecule has 1 aromatic heterocycles. The van der Waals surface area contributed by atoms with E-state index in [1.807, 2.05) is 26.8 Å². The molecule has 0 radical (unpaired) electrons. The van der Waals surface area contributed by atoms with Gasteiger partial charge in [-0.05, 0) is 62.4 Å². The van der Waals surface area contributed by atoms with Crippen molar-refractivity contribution in [2.75, 3.05) is 6.61 Å². The average molecular weight is 558 g/mol. The maximum Gasteiger partial charge on any atom is 0.357 e. The number of hydrogen-bond acceptors (Lipinski definition) is 8. The lowest BCUT2D eigenvalue weighted by Gasteiger charge is -2.64. The SMILES string of the molecule is CC1=CCCC2C1(C)C(OC(=O)c1ccccn1)C(OC(=O)c1ccccc1)C(C)(O)C2(C)C=CC1=CC(=O)OC1. The minimum Gasteiger partial charge on any atom is -0.458 e. The van der Waals surface area contributed by atoms with Crippen LogP contribution in [0.2, 0.25) is 0 Å². The quantitative estimate of drug-likeness (QED) is 0.300. The van der Waals surface area contributed by atoms with Crippen molar-refractivity contribution in [2.24, 2.45) is 16.7 Å². The molecule has 6 atom stereocenters. The third kappa shape index (κ3) is 4.90. The molecule has 8 heteroatoms. The van der Waals surface area contributed by atoms with Crippen molar-refractivity contribution in [1.29, 1.82) is 0 Å². The summed E-state index contributed by atoms with van der Waals surface area (Å²) in [5.41, 5.74) is -1.41. The van der Waals surface area contributed by atoms with Gasteiger partial charge in [-0.15, -0.1) is 0 Å². The highest BCUT2D eigenvalue weighted by molar-refractivity contribution is 5.90. The van der Waals surface area contributed by atoms with Gasteiger partial charge in [0.1, 0.15) is 17.9 Å². The second-order valence-corrected chi connectivity index (χ2v) is 11.6. The Morgan fingerprint density at radius 1 is 1.02 bits per heavy atom. The Balaban J connectivity index is 1.64. The Labute approximate surface area is 239 Å². The average Bonchev–Trinajstić information content (AvgIpc) is 3.39. The zero-order valence-electron chi connectivity index (χ0n) is 23.7. The molecule has 41 heavy (non-hydrogen) atoms. The van der Waals surface area contributed by atoms with E-state index in [1.165, 1.54) is 12.3 Å². The molecule has 1 aliphatic heterocycles. The van der Waals surface area contributed by atoms with Crippen LogP contribution in [0.5, 0.6) is 0 Å². The highest BCUT2D eigenvalue weighted by Crippen LogP contribution is 2.63. The van der Waals surface area contributed by atoms with Gasteiger partial charge in [0.25, 0.3) is 0 Å². The third-order valence-electron chi connectivity index (χ3n) is 9.39.